The van der Waals surface area contributed by atoms with Gasteiger partial charge in [-0.15, -0.1) is 10.2 Å². The average Bonchev–Trinajstić information content (AvgIpc) is 3.46. The molecule has 1 amide bonds. The fourth-order valence-corrected chi connectivity index (χ4v) is 4.98. The van der Waals surface area contributed by atoms with Crippen LogP contribution in [0, 0.1) is 0 Å². The first-order chi connectivity index (χ1) is 17.0. The summed E-state index contributed by atoms with van der Waals surface area (Å²) in [5.74, 6) is 0.892. The second-order valence-electron chi connectivity index (χ2n) is 8.09. The summed E-state index contributed by atoms with van der Waals surface area (Å²) >= 11 is 1.33. The summed E-state index contributed by atoms with van der Waals surface area (Å²) in [4.78, 5) is 28.9. The van der Waals surface area contributed by atoms with Crippen molar-refractivity contribution in [1.29, 1.82) is 0 Å². The minimum Gasteiger partial charge on any atom is -0.494 e. The number of anilines is 1. The fourth-order valence-electron chi connectivity index (χ4n) is 4.17. The first kappa shape index (κ1) is 23.0. The second kappa shape index (κ2) is 9.50. The molecule has 0 aliphatic carbocycles. The van der Waals surface area contributed by atoms with Crippen LogP contribution in [0.15, 0.2) is 51.7 Å². The predicted molar refractivity (Wildman–Crippen MR) is 134 cm³/mol. The monoisotopic (exact) mass is 491 g/mol. The number of benzene rings is 2. The normalized spacial score (nSPS) is 15.0. The quantitative estimate of drug-likeness (QED) is 0.337. The van der Waals surface area contributed by atoms with E-state index >= 15 is 0 Å². The van der Waals surface area contributed by atoms with Crippen LogP contribution in [0.4, 0.5) is 5.13 Å². The minimum atomic E-state index is -0.692. The number of aryl methyl sites for hydroxylation is 1. The average molecular weight is 492 g/mol. The van der Waals surface area contributed by atoms with Crippen LogP contribution in [0.2, 0.25) is 0 Å². The molecule has 0 bridgehead atoms. The van der Waals surface area contributed by atoms with Crippen molar-refractivity contribution in [2.24, 2.45) is 0 Å². The van der Waals surface area contributed by atoms with Gasteiger partial charge in [-0.3, -0.25) is 14.5 Å². The summed E-state index contributed by atoms with van der Waals surface area (Å²) < 4.78 is 17.3. The summed E-state index contributed by atoms with van der Waals surface area (Å²) in [5, 5.41) is 10.1. The van der Waals surface area contributed by atoms with Gasteiger partial charge in [0, 0.05) is 6.07 Å². The molecule has 2 aromatic heterocycles. The van der Waals surface area contributed by atoms with Gasteiger partial charge in [0.05, 0.1) is 30.2 Å². The predicted octanol–water partition coefficient (Wildman–Crippen LogP) is 5.14. The SMILES string of the molecule is CCCOc1ccc(C2c3c(oc4cc(OCC)ccc4c3=O)C(=O)N2c2nnc(CC)s2)cc1. The first-order valence-corrected chi connectivity index (χ1v) is 12.5. The Hall–Kier alpha value is -3.72. The van der Waals surface area contributed by atoms with Crippen molar-refractivity contribution in [3.8, 4) is 11.5 Å². The van der Waals surface area contributed by atoms with Gasteiger partial charge >= 0.3 is 0 Å². The lowest BCUT2D eigenvalue weighted by Gasteiger charge is -2.22. The number of fused-ring (bicyclic) bond motifs is 2. The van der Waals surface area contributed by atoms with E-state index in [0.29, 0.717) is 47.0 Å². The van der Waals surface area contributed by atoms with Crippen molar-refractivity contribution in [2.45, 2.75) is 39.7 Å². The van der Waals surface area contributed by atoms with Gasteiger partial charge in [-0.05, 0) is 49.6 Å². The number of aromatic nitrogens is 2. The molecular formula is C26H25N3O5S. The van der Waals surface area contributed by atoms with Crippen LogP contribution in [0.3, 0.4) is 0 Å². The zero-order valence-electron chi connectivity index (χ0n) is 19.7. The van der Waals surface area contributed by atoms with Gasteiger partial charge in [0.25, 0.3) is 5.91 Å². The molecule has 3 heterocycles. The molecule has 0 N–H and O–H groups in total. The van der Waals surface area contributed by atoms with Crippen molar-refractivity contribution >= 4 is 33.3 Å². The molecule has 0 saturated carbocycles. The number of nitrogens with zero attached hydrogens (tertiary/aromatic N) is 3. The Morgan fingerprint density at radius 1 is 1.00 bits per heavy atom. The zero-order chi connectivity index (χ0) is 24.5. The van der Waals surface area contributed by atoms with Crippen LogP contribution in [0.1, 0.15) is 59.9 Å². The lowest BCUT2D eigenvalue weighted by atomic mass is 9.98. The van der Waals surface area contributed by atoms with Gasteiger partial charge in [-0.1, -0.05) is 37.3 Å². The number of hydrogen-bond acceptors (Lipinski definition) is 8. The molecule has 180 valence electrons. The summed E-state index contributed by atoms with van der Waals surface area (Å²) in [6.45, 7) is 6.98. The second-order valence-corrected chi connectivity index (χ2v) is 9.13. The highest BCUT2D eigenvalue weighted by Gasteiger charge is 2.45. The minimum absolute atomic E-state index is 0.0145. The summed E-state index contributed by atoms with van der Waals surface area (Å²) in [6, 6.07) is 11.8. The Morgan fingerprint density at radius 2 is 1.77 bits per heavy atom. The third-order valence-corrected chi connectivity index (χ3v) is 6.85. The summed E-state index contributed by atoms with van der Waals surface area (Å²) in [6.07, 6.45) is 1.60. The zero-order valence-corrected chi connectivity index (χ0v) is 20.6. The third kappa shape index (κ3) is 4.05. The molecule has 1 unspecified atom stereocenters. The molecule has 0 radical (unpaired) electrons. The maximum absolute atomic E-state index is 13.7. The topological polar surface area (TPSA) is 94.8 Å². The Labute approximate surface area is 206 Å². The molecule has 0 spiro atoms. The maximum atomic E-state index is 13.7. The van der Waals surface area contributed by atoms with Crippen LogP contribution >= 0.6 is 11.3 Å². The highest BCUT2D eigenvalue weighted by atomic mass is 32.1. The van der Waals surface area contributed by atoms with Gasteiger partial charge < -0.3 is 13.9 Å². The Bertz CT molecular complexity index is 1440. The number of hydrogen-bond donors (Lipinski definition) is 0. The number of ether oxygens (including phenoxy) is 2. The van der Waals surface area contributed by atoms with Gasteiger partial charge in [0.2, 0.25) is 10.9 Å². The van der Waals surface area contributed by atoms with E-state index < -0.39 is 11.9 Å². The van der Waals surface area contributed by atoms with Crippen molar-refractivity contribution in [3.05, 3.63) is 74.6 Å². The van der Waals surface area contributed by atoms with E-state index in [2.05, 4.69) is 10.2 Å². The highest BCUT2D eigenvalue weighted by Crippen LogP contribution is 2.42. The molecule has 1 atom stereocenters. The Kier molecular flexibility index (Phi) is 6.25. The molecule has 4 aromatic rings. The fraction of sp³-hybridized carbons (Fsp3) is 0.308. The van der Waals surface area contributed by atoms with E-state index in [1.165, 1.54) is 16.2 Å². The van der Waals surface area contributed by atoms with Crippen LogP contribution in [-0.4, -0.2) is 29.3 Å². The maximum Gasteiger partial charge on any atom is 0.297 e. The lowest BCUT2D eigenvalue weighted by molar-refractivity contribution is 0.0970. The lowest BCUT2D eigenvalue weighted by Crippen LogP contribution is -2.29. The molecule has 2 aromatic carbocycles. The van der Waals surface area contributed by atoms with E-state index in [1.54, 1.807) is 18.2 Å². The molecule has 1 aliphatic rings. The van der Waals surface area contributed by atoms with Gasteiger partial charge in [0.15, 0.2) is 5.43 Å². The number of carbonyl (C=O) groups is 1. The van der Waals surface area contributed by atoms with Gasteiger partial charge in [-0.25, -0.2) is 0 Å². The van der Waals surface area contributed by atoms with Crippen LogP contribution in [0.25, 0.3) is 11.0 Å². The molecule has 0 saturated heterocycles. The summed E-state index contributed by atoms with van der Waals surface area (Å²) in [5.41, 5.74) is 1.11. The van der Waals surface area contributed by atoms with Crippen molar-refractivity contribution in [2.75, 3.05) is 18.1 Å². The van der Waals surface area contributed by atoms with E-state index in [9.17, 15) is 9.59 Å². The van der Waals surface area contributed by atoms with E-state index in [1.807, 2.05) is 45.0 Å². The molecule has 5 rings (SSSR count). The molecule has 8 nitrogen and oxygen atoms in total. The number of rotatable bonds is 8. The molecule has 0 fully saturated rings. The molecular weight excluding hydrogens is 466 g/mol. The van der Waals surface area contributed by atoms with Crippen molar-refractivity contribution in [3.63, 3.8) is 0 Å². The van der Waals surface area contributed by atoms with Gasteiger partial charge in [-0.2, -0.15) is 0 Å². The standard InChI is InChI=1S/C26H25N3O5S/c1-4-13-33-16-9-7-15(8-10-16)22-21-23(30)18-12-11-17(32-6-3)14-19(18)34-24(21)25(31)29(22)26-28-27-20(5-2)35-26/h7-12,14,22H,4-6,13H2,1-3H3. The molecule has 1 aliphatic heterocycles. The van der Waals surface area contributed by atoms with Crippen molar-refractivity contribution in [1.82, 2.24) is 10.2 Å². The van der Waals surface area contributed by atoms with Crippen LogP contribution in [0.5, 0.6) is 11.5 Å². The molecule has 35 heavy (non-hydrogen) atoms. The largest absolute Gasteiger partial charge is 0.494 e. The highest BCUT2D eigenvalue weighted by molar-refractivity contribution is 7.15. The van der Waals surface area contributed by atoms with Crippen molar-refractivity contribution < 1.29 is 18.7 Å². The Balaban J connectivity index is 1.68. The number of amides is 1. The Morgan fingerprint density at radius 3 is 2.46 bits per heavy atom. The molecule has 9 heteroatoms. The smallest absolute Gasteiger partial charge is 0.297 e. The van der Waals surface area contributed by atoms with E-state index in [-0.39, 0.29) is 11.2 Å². The van der Waals surface area contributed by atoms with Crippen LogP contribution in [-0.2, 0) is 6.42 Å². The van der Waals surface area contributed by atoms with E-state index in [4.69, 9.17) is 13.9 Å². The first-order valence-electron chi connectivity index (χ1n) is 11.7. The van der Waals surface area contributed by atoms with Crippen LogP contribution < -0.4 is 19.8 Å². The number of carbonyl (C=O) groups excluding carboxylic acids is 1. The van der Waals surface area contributed by atoms with Gasteiger partial charge in [0.1, 0.15) is 22.1 Å². The van der Waals surface area contributed by atoms with E-state index in [0.717, 1.165) is 22.7 Å². The third-order valence-electron chi connectivity index (χ3n) is 5.79. The summed E-state index contributed by atoms with van der Waals surface area (Å²) in [7, 11) is 0.